The minimum absolute atomic E-state index is 0.0185. The number of methoxy groups -OCH3 is 1. The second kappa shape index (κ2) is 5.93. The Bertz CT molecular complexity index is 1110. The Morgan fingerprint density at radius 3 is 2.52 bits per heavy atom. The molecule has 1 aliphatic rings. The lowest BCUT2D eigenvalue weighted by Gasteiger charge is -2.04. The van der Waals surface area contributed by atoms with Crippen molar-refractivity contribution in [1.82, 2.24) is 9.97 Å². The van der Waals surface area contributed by atoms with E-state index in [9.17, 15) is 24.8 Å². The van der Waals surface area contributed by atoms with Crippen LogP contribution < -0.4 is 11.2 Å². The summed E-state index contributed by atoms with van der Waals surface area (Å²) in [4.78, 5) is 43.4. The number of benzene rings is 1. The van der Waals surface area contributed by atoms with Crippen LogP contribution in [0.5, 0.6) is 5.88 Å². The van der Waals surface area contributed by atoms with E-state index in [1.807, 2.05) is 4.98 Å². The Morgan fingerprint density at radius 2 is 1.92 bits per heavy atom. The number of aromatic hydroxyl groups is 1. The fourth-order valence-corrected chi connectivity index (χ4v) is 2.50. The van der Waals surface area contributed by atoms with Gasteiger partial charge in [-0.3, -0.25) is 14.8 Å². The van der Waals surface area contributed by atoms with Gasteiger partial charge >= 0.3 is 11.7 Å². The number of esters is 1. The first-order valence-electron chi connectivity index (χ1n) is 6.95. The Labute approximate surface area is 139 Å². The Balaban J connectivity index is 2.37. The van der Waals surface area contributed by atoms with Crippen LogP contribution in [0.15, 0.2) is 44.4 Å². The zero-order valence-corrected chi connectivity index (χ0v) is 12.8. The van der Waals surface area contributed by atoms with Crippen molar-refractivity contribution in [3.63, 3.8) is 0 Å². The zero-order chi connectivity index (χ0) is 18.1. The first-order chi connectivity index (χ1) is 12.0. The van der Waals surface area contributed by atoms with Crippen LogP contribution >= 0.6 is 0 Å². The van der Waals surface area contributed by atoms with Gasteiger partial charge in [0.15, 0.2) is 5.57 Å². The van der Waals surface area contributed by atoms with Gasteiger partial charge in [-0.15, -0.1) is 0 Å². The average Bonchev–Trinajstić information content (AvgIpc) is 2.94. The van der Waals surface area contributed by atoms with Gasteiger partial charge in [-0.2, -0.15) is 5.26 Å². The third kappa shape index (κ3) is 2.51. The number of aliphatic imine (C=N–C) groups is 1. The van der Waals surface area contributed by atoms with Gasteiger partial charge in [-0.05, 0) is 0 Å². The summed E-state index contributed by atoms with van der Waals surface area (Å²) in [5.41, 5.74) is -1.46. The minimum Gasteiger partial charge on any atom is -0.494 e. The summed E-state index contributed by atoms with van der Waals surface area (Å²) >= 11 is 0. The van der Waals surface area contributed by atoms with Gasteiger partial charge in [0.25, 0.3) is 5.56 Å². The molecule has 0 atom stereocenters. The molecule has 0 saturated heterocycles. The SMILES string of the molecule is COC(=O)/C(C#N)=C1\N=C(c2c(O)[nH]c(=O)[nH]c2=O)c2ccccc21. The molecule has 0 radical (unpaired) electrons. The number of carbonyl (C=O) groups excluding carboxylic acids is 1. The molecule has 1 aromatic heterocycles. The van der Waals surface area contributed by atoms with Crippen molar-refractivity contribution in [1.29, 1.82) is 5.26 Å². The quantitative estimate of drug-likeness (QED) is 0.399. The summed E-state index contributed by atoms with van der Waals surface area (Å²) in [6.45, 7) is 0. The van der Waals surface area contributed by atoms with Crippen molar-refractivity contribution < 1.29 is 14.6 Å². The van der Waals surface area contributed by atoms with Gasteiger partial charge in [0.2, 0.25) is 5.88 Å². The Morgan fingerprint density at radius 1 is 1.24 bits per heavy atom. The van der Waals surface area contributed by atoms with E-state index in [1.54, 1.807) is 30.3 Å². The number of nitrogens with one attached hydrogen (secondary N) is 2. The van der Waals surface area contributed by atoms with Gasteiger partial charge < -0.3 is 9.84 Å². The Hall–Kier alpha value is -3.93. The van der Waals surface area contributed by atoms with Crippen molar-refractivity contribution in [2.45, 2.75) is 0 Å². The van der Waals surface area contributed by atoms with E-state index >= 15 is 0 Å². The highest BCUT2D eigenvalue weighted by atomic mass is 16.5. The van der Waals surface area contributed by atoms with Crippen LogP contribution in [-0.2, 0) is 9.53 Å². The molecule has 0 spiro atoms. The molecule has 1 aliphatic heterocycles. The summed E-state index contributed by atoms with van der Waals surface area (Å²) < 4.78 is 4.58. The van der Waals surface area contributed by atoms with E-state index in [-0.39, 0.29) is 22.5 Å². The summed E-state index contributed by atoms with van der Waals surface area (Å²) in [6, 6.07) is 8.29. The number of carbonyl (C=O) groups is 1. The van der Waals surface area contributed by atoms with Gasteiger partial charge in [-0.25, -0.2) is 14.6 Å². The van der Waals surface area contributed by atoms with Gasteiger partial charge in [0.05, 0.1) is 18.5 Å². The summed E-state index contributed by atoms with van der Waals surface area (Å²) in [6.07, 6.45) is 0. The van der Waals surface area contributed by atoms with Crippen molar-refractivity contribution in [3.05, 3.63) is 67.4 Å². The minimum atomic E-state index is -0.878. The number of nitrogens with zero attached hydrogens (tertiary/aromatic N) is 2. The third-order valence-electron chi connectivity index (χ3n) is 3.56. The van der Waals surface area contributed by atoms with E-state index in [1.165, 1.54) is 0 Å². The van der Waals surface area contributed by atoms with Crippen LogP contribution in [0.25, 0.3) is 5.70 Å². The van der Waals surface area contributed by atoms with Crippen LogP contribution in [-0.4, -0.2) is 33.9 Å². The van der Waals surface area contributed by atoms with Crippen molar-refractivity contribution in [2.75, 3.05) is 7.11 Å². The van der Waals surface area contributed by atoms with E-state index in [2.05, 4.69) is 14.7 Å². The van der Waals surface area contributed by atoms with E-state index in [4.69, 9.17) is 0 Å². The third-order valence-corrected chi connectivity index (χ3v) is 3.56. The predicted octanol–water partition coefficient (Wildman–Crippen LogP) is 0.0275. The molecule has 0 saturated carbocycles. The number of H-pyrrole nitrogens is 2. The van der Waals surface area contributed by atoms with Crippen LogP contribution in [0.1, 0.15) is 16.7 Å². The van der Waals surface area contributed by atoms with E-state index in [0.717, 1.165) is 7.11 Å². The van der Waals surface area contributed by atoms with E-state index < -0.39 is 23.1 Å². The molecule has 3 N–H and O–H groups in total. The predicted molar refractivity (Wildman–Crippen MR) is 86.0 cm³/mol. The largest absolute Gasteiger partial charge is 0.494 e. The van der Waals surface area contributed by atoms with Crippen molar-refractivity contribution in [3.8, 4) is 11.9 Å². The second-order valence-electron chi connectivity index (χ2n) is 4.96. The number of aromatic nitrogens is 2. The topological polar surface area (TPSA) is 148 Å². The highest BCUT2D eigenvalue weighted by molar-refractivity contribution is 6.23. The molecule has 2 aromatic rings. The Kier molecular flexibility index (Phi) is 3.79. The fourth-order valence-electron chi connectivity index (χ4n) is 2.50. The summed E-state index contributed by atoms with van der Waals surface area (Å²) in [5.74, 6) is -1.54. The number of aromatic amines is 2. The molecule has 2 heterocycles. The number of hydrogen-bond acceptors (Lipinski definition) is 7. The number of fused-ring (bicyclic) bond motifs is 1. The van der Waals surface area contributed by atoms with Crippen LogP contribution in [0, 0.1) is 11.3 Å². The smallest absolute Gasteiger partial charge is 0.350 e. The monoisotopic (exact) mass is 338 g/mol. The first-order valence-corrected chi connectivity index (χ1v) is 6.95. The fraction of sp³-hybridized carbons (Fsp3) is 0.0625. The molecule has 0 aliphatic carbocycles. The molecular formula is C16H10N4O5. The first kappa shape index (κ1) is 15.9. The maximum Gasteiger partial charge on any atom is 0.350 e. The number of nitriles is 1. The molecule has 124 valence electrons. The average molecular weight is 338 g/mol. The maximum absolute atomic E-state index is 12.1. The summed E-state index contributed by atoms with van der Waals surface area (Å²) in [7, 11) is 1.13. The zero-order valence-electron chi connectivity index (χ0n) is 12.8. The van der Waals surface area contributed by atoms with Crippen molar-refractivity contribution in [2.24, 2.45) is 4.99 Å². The van der Waals surface area contributed by atoms with Crippen LogP contribution in [0.3, 0.4) is 0 Å². The molecule has 0 bridgehead atoms. The molecular weight excluding hydrogens is 328 g/mol. The molecule has 25 heavy (non-hydrogen) atoms. The lowest BCUT2D eigenvalue weighted by Crippen LogP contribution is -2.27. The van der Waals surface area contributed by atoms with Gasteiger partial charge in [-0.1, -0.05) is 24.3 Å². The van der Waals surface area contributed by atoms with Crippen molar-refractivity contribution >= 4 is 17.4 Å². The molecule has 0 unspecified atom stereocenters. The molecule has 0 amide bonds. The van der Waals surface area contributed by atoms with Crippen LogP contribution in [0.4, 0.5) is 0 Å². The van der Waals surface area contributed by atoms with Crippen LogP contribution in [0.2, 0.25) is 0 Å². The lowest BCUT2D eigenvalue weighted by atomic mass is 9.99. The van der Waals surface area contributed by atoms with Gasteiger partial charge in [0.1, 0.15) is 11.6 Å². The van der Waals surface area contributed by atoms with E-state index in [0.29, 0.717) is 11.1 Å². The highest BCUT2D eigenvalue weighted by Gasteiger charge is 2.30. The molecule has 9 nitrogen and oxygen atoms in total. The molecule has 1 aromatic carbocycles. The highest BCUT2D eigenvalue weighted by Crippen LogP contribution is 2.34. The number of rotatable bonds is 2. The van der Waals surface area contributed by atoms with Gasteiger partial charge in [0, 0.05) is 11.1 Å². The number of ether oxygens (including phenoxy) is 1. The normalized spacial score (nSPS) is 14.3. The molecule has 0 fully saturated rings. The standard InChI is InChI=1S/C16H10N4O5/c1-25-15(23)9(6-17)11-7-4-2-3-5-8(7)12(18-11)10-13(21)19-16(24)20-14(10)22/h2-5H,1H3,(H3,19,20,21,22,24)/b11-9-. The second-order valence-corrected chi connectivity index (χ2v) is 4.96. The molecule has 3 rings (SSSR count). The summed E-state index contributed by atoms with van der Waals surface area (Å²) in [5, 5.41) is 19.2. The maximum atomic E-state index is 12.1. The lowest BCUT2D eigenvalue weighted by molar-refractivity contribution is -0.135. The number of hydrogen-bond donors (Lipinski definition) is 3. The molecule has 9 heteroatoms.